The number of hydrogen-bond acceptors (Lipinski definition) is 4. The molecule has 1 aliphatic carbocycles. The summed E-state index contributed by atoms with van der Waals surface area (Å²) in [6.45, 7) is 1.33. The van der Waals surface area contributed by atoms with Crippen molar-refractivity contribution < 1.29 is 31.2 Å². The first-order chi connectivity index (χ1) is 17.4. The Labute approximate surface area is 242 Å². The van der Waals surface area contributed by atoms with Crippen LogP contribution in [0.15, 0.2) is 36.4 Å². The maximum atomic E-state index is 13.0. The molecule has 0 saturated heterocycles. The van der Waals surface area contributed by atoms with E-state index in [9.17, 15) is 31.2 Å². The molecular weight excluding hydrogens is 635 g/mol. The van der Waals surface area contributed by atoms with Crippen LogP contribution in [0.4, 0.5) is 18.9 Å². The lowest BCUT2D eigenvalue weighted by molar-refractivity contribution is -0.130. The van der Waals surface area contributed by atoms with Gasteiger partial charge < -0.3 is 10.6 Å². The number of carbonyl (C=O) groups excluding carboxylic acids is 2. The zero-order valence-corrected chi connectivity index (χ0v) is 24.0. The van der Waals surface area contributed by atoms with Crippen molar-refractivity contribution in [3.8, 4) is 0 Å². The summed E-state index contributed by atoms with van der Waals surface area (Å²) in [6.07, 6.45) is -6.10. The molecule has 1 aliphatic rings. The number of sulfone groups is 1. The predicted molar refractivity (Wildman–Crippen MR) is 143 cm³/mol. The van der Waals surface area contributed by atoms with Crippen molar-refractivity contribution in [1.82, 2.24) is 5.32 Å². The zero-order valence-electron chi connectivity index (χ0n) is 19.4. The number of alkyl halides is 5. The van der Waals surface area contributed by atoms with Gasteiger partial charge >= 0.3 is 6.18 Å². The van der Waals surface area contributed by atoms with Crippen LogP contribution in [-0.2, 0) is 14.6 Å². The lowest BCUT2D eigenvalue weighted by Gasteiger charge is -2.16. The van der Waals surface area contributed by atoms with Gasteiger partial charge in [0.25, 0.3) is 5.91 Å². The summed E-state index contributed by atoms with van der Waals surface area (Å²) in [7, 11) is -4.09. The number of hydrogen-bond donors (Lipinski definition) is 2. The number of amides is 2. The molecule has 1 fully saturated rings. The second kappa shape index (κ2) is 11.6. The van der Waals surface area contributed by atoms with Gasteiger partial charge in [-0.3, -0.25) is 9.59 Å². The van der Waals surface area contributed by atoms with Gasteiger partial charge in [0.05, 0.1) is 34.4 Å². The number of nitrogens with one attached hydrogen (secondary N) is 2. The quantitative estimate of drug-likeness (QED) is 0.296. The summed E-state index contributed by atoms with van der Waals surface area (Å²) in [4.78, 5) is 25.7. The number of anilines is 1. The molecule has 15 heteroatoms. The molecule has 3 atom stereocenters. The molecule has 208 valence electrons. The smallest absolute Gasteiger partial charge is 0.349 e. The molecule has 0 heterocycles. The van der Waals surface area contributed by atoms with Crippen molar-refractivity contribution in [2.75, 3.05) is 16.8 Å². The molecule has 6 nitrogen and oxygen atoms in total. The van der Waals surface area contributed by atoms with E-state index in [1.54, 1.807) is 12.1 Å². The monoisotopic (exact) mass is 652 g/mol. The van der Waals surface area contributed by atoms with Gasteiger partial charge in [-0.1, -0.05) is 34.8 Å². The summed E-state index contributed by atoms with van der Waals surface area (Å²) < 4.78 is 59.6. The van der Waals surface area contributed by atoms with Crippen molar-refractivity contribution in [3.63, 3.8) is 0 Å². The van der Waals surface area contributed by atoms with Crippen LogP contribution in [0.5, 0.6) is 0 Å². The molecule has 2 amide bonds. The fourth-order valence-corrected chi connectivity index (χ4v) is 7.03. The molecule has 1 saturated carbocycles. The molecule has 2 aromatic rings. The van der Waals surface area contributed by atoms with Crippen LogP contribution in [0.2, 0.25) is 15.1 Å². The summed E-state index contributed by atoms with van der Waals surface area (Å²) in [6, 6.07) is 7.73. The van der Waals surface area contributed by atoms with E-state index in [-0.39, 0.29) is 16.3 Å². The maximum Gasteiger partial charge on any atom is 0.390 e. The molecule has 38 heavy (non-hydrogen) atoms. The Bertz CT molecular complexity index is 1330. The number of rotatable bonds is 9. The molecule has 0 bridgehead atoms. The standard InChI is InChI=1S/C23H20Cl5F3N2O4S/c1-11(10-38(36,37)5-4-22(29,30)31)32-20(34)16-9-15(2-3-17(16)26)33-21(35)19-18(23(19,27)28)12-6-13(24)8-14(25)7-12/h2-3,6-9,11,18-19H,4-5,10H2,1H3,(H,32,34)(H,33,35)/t11-,18?,19?/m1/s1. The Morgan fingerprint density at radius 2 is 1.66 bits per heavy atom. The summed E-state index contributed by atoms with van der Waals surface area (Å²) in [5.74, 6) is -4.59. The van der Waals surface area contributed by atoms with Gasteiger partial charge in [0.2, 0.25) is 5.91 Å². The number of carbonyl (C=O) groups is 2. The molecule has 2 unspecified atom stereocenters. The van der Waals surface area contributed by atoms with E-state index < -0.39 is 68.0 Å². The minimum absolute atomic E-state index is 0.00507. The molecule has 2 N–H and O–H groups in total. The third kappa shape index (κ3) is 8.05. The van der Waals surface area contributed by atoms with Crippen molar-refractivity contribution in [2.45, 2.75) is 35.8 Å². The second-order valence-corrected chi connectivity index (χ2v) is 13.8. The third-order valence-electron chi connectivity index (χ3n) is 5.64. The largest absolute Gasteiger partial charge is 0.390 e. The first-order valence-electron chi connectivity index (χ1n) is 10.9. The highest BCUT2D eigenvalue weighted by Crippen LogP contribution is 2.65. The van der Waals surface area contributed by atoms with Gasteiger partial charge in [-0.2, -0.15) is 13.2 Å². The Morgan fingerprint density at radius 1 is 1.05 bits per heavy atom. The first-order valence-corrected chi connectivity index (χ1v) is 14.6. The van der Waals surface area contributed by atoms with Crippen LogP contribution in [0.25, 0.3) is 0 Å². The number of benzene rings is 2. The van der Waals surface area contributed by atoms with Crippen LogP contribution < -0.4 is 10.6 Å². The van der Waals surface area contributed by atoms with E-state index in [0.717, 1.165) is 0 Å². The van der Waals surface area contributed by atoms with E-state index in [4.69, 9.17) is 58.0 Å². The maximum absolute atomic E-state index is 13.0. The van der Waals surface area contributed by atoms with Crippen molar-refractivity contribution >= 4 is 85.3 Å². The fraction of sp³-hybridized carbons (Fsp3) is 0.391. The van der Waals surface area contributed by atoms with Gasteiger partial charge in [0.15, 0.2) is 9.84 Å². The van der Waals surface area contributed by atoms with Gasteiger partial charge in [-0.25, -0.2) is 8.42 Å². The summed E-state index contributed by atoms with van der Waals surface area (Å²) in [5, 5.41) is 5.70. The molecular formula is C23H20Cl5F3N2O4S. The summed E-state index contributed by atoms with van der Waals surface area (Å²) in [5.41, 5.74) is 0.651. The van der Waals surface area contributed by atoms with Crippen LogP contribution in [-0.4, -0.2) is 48.3 Å². The minimum Gasteiger partial charge on any atom is -0.349 e. The van der Waals surface area contributed by atoms with Crippen molar-refractivity contribution in [1.29, 1.82) is 0 Å². The second-order valence-electron chi connectivity index (χ2n) is 8.87. The lowest BCUT2D eigenvalue weighted by Crippen LogP contribution is -2.38. The molecule has 3 rings (SSSR count). The topological polar surface area (TPSA) is 92.3 Å². The Kier molecular flexibility index (Phi) is 9.48. The first kappa shape index (κ1) is 31.1. The third-order valence-corrected chi connectivity index (χ3v) is 9.18. The normalized spacial score (nSPS) is 19.5. The van der Waals surface area contributed by atoms with E-state index >= 15 is 0 Å². The van der Waals surface area contributed by atoms with Crippen LogP contribution in [0.1, 0.15) is 35.2 Å². The fourth-order valence-electron chi connectivity index (χ4n) is 3.90. The lowest BCUT2D eigenvalue weighted by atomic mass is 10.1. The Balaban J connectivity index is 1.67. The highest BCUT2D eigenvalue weighted by molar-refractivity contribution is 7.91. The Hall–Kier alpha value is -1.43. The van der Waals surface area contributed by atoms with Crippen LogP contribution in [0, 0.1) is 5.92 Å². The zero-order chi connectivity index (χ0) is 28.6. The van der Waals surface area contributed by atoms with Crippen LogP contribution in [0.3, 0.4) is 0 Å². The Morgan fingerprint density at radius 3 is 2.24 bits per heavy atom. The van der Waals surface area contributed by atoms with Gasteiger partial charge in [0, 0.05) is 27.7 Å². The molecule has 2 aromatic carbocycles. The summed E-state index contributed by atoms with van der Waals surface area (Å²) >= 11 is 30.9. The highest BCUT2D eigenvalue weighted by Gasteiger charge is 2.67. The van der Waals surface area contributed by atoms with E-state index in [1.165, 1.54) is 31.2 Å². The molecule has 0 aromatic heterocycles. The SMILES string of the molecule is C[C@H](CS(=O)(=O)CCC(F)(F)F)NC(=O)c1cc(NC(=O)C2C(c3cc(Cl)cc(Cl)c3)C2(Cl)Cl)ccc1Cl. The van der Waals surface area contributed by atoms with E-state index in [0.29, 0.717) is 15.6 Å². The van der Waals surface area contributed by atoms with Crippen molar-refractivity contribution in [2.24, 2.45) is 5.92 Å². The average molecular weight is 655 g/mol. The van der Waals surface area contributed by atoms with Gasteiger partial charge in [-0.05, 0) is 48.9 Å². The molecule has 0 radical (unpaired) electrons. The molecule has 0 spiro atoms. The highest BCUT2D eigenvalue weighted by atomic mass is 35.5. The van der Waals surface area contributed by atoms with Crippen LogP contribution >= 0.6 is 58.0 Å². The number of halogens is 8. The average Bonchev–Trinajstić information content (AvgIpc) is 3.34. The van der Waals surface area contributed by atoms with Gasteiger partial charge in [-0.15, -0.1) is 23.2 Å². The van der Waals surface area contributed by atoms with E-state index in [2.05, 4.69) is 10.6 Å². The predicted octanol–water partition coefficient (Wildman–Crippen LogP) is 6.66. The van der Waals surface area contributed by atoms with Gasteiger partial charge in [0.1, 0.15) is 4.33 Å². The van der Waals surface area contributed by atoms with Crippen molar-refractivity contribution in [3.05, 3.63) is 62.6 Å². The van der Waals surface area contributed by atoms with E-state index in [1.807, 2.05) is 0 Å². The minimum atomic E-state index is -4.62. The molecule has 0 aliphatic heterocycles.